The van der Waals surface area contributed by atoms with Crippen molar-refractivity contribution < 1.29 is 8.42 Å². The summed E-state index contributed by atoms with van der Waals surface area (Å²) in [7, 11) is -1.15. The second kappa shape index (κ2) is 10.2. The molecular formula is C16H33IN4O2S. The highest BCUT2D eigenvalue weighted by Gasteiger charge is 2.33. The van der Waals surface area contributed by atoms with Crippen molar-refractivity contribution in [1.82, 2.24) is 15.5 Å². The van der Waals surface area contributed by atoms with Gasteiger partial charge in [-0.1, -0.05) is 0 Å². The minimum absolute atomic E-state index is 0. The van der Waals surface area contributed by atoms with Gasteiger partial charge < -0.3 is 10.6 Å². The van der Waals surface area contributed by atoms with Crippen molar-refractivity contribution in [3.8, 4) is 0 Å². The van der Waals surface area contributed by atoms with Crippen LogP contribution in [-0.2, 0) is 9.84 Å². The standard InChI is InChI=1S/C16H32N4O2S.HI/c1-13(8-11-23(3,21)22)19-16(17-2)18-9-10-20(15-6-7-15)12-14-4-5-14;/h13-15H,4-12H2,1-3H3,(H2,17,18,19);1H. The molecule has 0 aromatic carbocycles. The molecule has 2 N–H and O–H groups in total. The van der Waals surface area contributed by atoms with E-state index in [1.54, 1.807) is 7.05 Å². The van der Waals surface area contributed by atoms with Crippen molar-refractivity contribution in [3.05, 3.63) is 0 Å². The van der Waals surface area contributed by atoms with Crippen LogP contribution in [0.4, 0.5) is 0 Å². The van der Waals surface area contributed by atoms with Crippen LogP contribution in [0.2, 0.25) is 0 Å². The van der Waals surface area contributed by atoms with Crippen LogP contribution in [0, 0.1) is 5.92 Å². The van der Waals surface area contributed by atoms with Crippen molar-refractivity contribution in [2.75, 3.05) is 38.7 Å². The monoisotopic (exact) mass is 472 g/mol. The van der Waals surface area contributed by atoms with Gasteiger partial charge in [0.1, 0.15) is 9.84 Å². The van der Waals surface area contributed by atoms with Crippen molar-refractivity contribution in [3.63, 3.8) is 0 Å². The SMILES string of the molecule is CN=C(NCCN(CC1CC1)C1CC1)NC(C)CCS(C)(=O)=O.I. The van der Waals surface area contributed by atoms with E-state index in [-0.39, 0.29) is 35.8 Å². The maximum Gasteiger partial charge on any atom is 0.191 e. The third-order valence-electron chi connectivity index (χ3n) is 4.47. The van der Waals surface area contributed by atoms with Crippen molar-refractivity contribution in [1.29, 1.82) is 0 Å². The van der Waals surface area contributed by atoms with Gasteiger partial charge in [-0.15, -0.1) is 24.0 Å². The van der Waals surface area contributed by atoms with Gasteiger partial charge in [-0.3, -0.25) is 9.89 Å². The Morgan fingerprint density at radius 3 is 2.46 bits per heavy atom. The normalized spacial score (nSPS) is 19.8. The fourth-order valence-corrected chi connectivity index (χ4v) is 3.49. The van der Waals surface area contributed by atoms with Crippen LogP contribution in [0.3, 0.4) is 0 Å². The van der Waals surface area contributed by atoms with Crippen molar-refractivity contribution in [2.24, 2.45) is 10.9 Å². The number of hydrogen-bond donors (Lipinski definition) is 2. The molecule has 0 aliphatic heterocycles. The van der Waals surface area contributed by atoms with Gasteiger partial charge in [-0.25, -0.2) is 8.42 Å². The van der Waals surface area contributed by atoms with E-state index >= 15 is 0 Å². The topological polar surface area (TPSA) is 73.8 Å². The predicted octanol–water partition coefficient (Wildman–Crippen LogP) is 1.47. The molecule has 0 heterocycles. The molecule has 8 heteroatoms. The van der Waals surface area contributed by atoms with E-state index in [1.165, 1.54) is 38.5 Å². The van der Waals surface area contributed by atoms with E-state index in [2.05, 4.69) is 20.5 Å². The molecule has 2 aliphatic carbocycles. The van der Waals surface area contributed by atoms with Gasteiger partial charge in [-0.2, -0.15) is 0 Å². The lowest BCUT2D eigenvalue weighted by atomic mass is 10.3. The first-order valence-electron chi connectivity index (χ1n) is 8.76. The molecule has 0 aromatic heterocycles. The molecule has 0 bridgehead atoms. The third-order valence-corrected chi connectivity index (χ3v) is 5.45. The number of nitrogens with zero attached hydrogens (tertiary/aromatic N) is 2. The number of sulfone groups is 1. The van der Waals surface area contributed by atoms with Gasteiger partial charge in [0.25, 0.3) is 0 Å². The molecule has 24 heavy (non-hydrogen) atoms. The Morgan fingerprint density at radius 2 is 1.96 bits per heavy atom. The van der Waals surface area contributed by atoms with Crippen LogP contribution >= 0.6 is 24.0 Å². The number of hydrogen-bond acceptors (Lipinski definition) is 4. The number of rotatable bonds is 10. The summed E-state index contributed by atoms with van der Waals surface area (Å²) in [5.74, 6) is 1.90. The van der Waals surface area contributed by atoms with E-state index in [4.69, 9.17) is 0 Å². The molecule has 0 radical (unpaired) electrons. The van der Waals surface area contributed by atoms with Gasteiger partial charge in [0.15, 0.2) is 5.96 Å². The van der Waals surface area contributed by atoms with Crippen LogP contribution in [0.25, 0.3) is 0 Å². The smallest absolute Gasteiger partial charge is 0.191 e. The fraction of sp³-hybridized carbons (Fsp3) is 0.938. The van der Waals surface area contributed by atoms with Crippen molar-refractivity contribution in [2.45, 2.75) is 51.1 Å². The Balaban J connectivity index is 0.00000288. The zero-order valence-corrected chi connectivity index (χ0v) is 18.3. The van der Waals surface area contributed by atoms with E-state index in [1.807, 2.05) is 6.92 Å². The van der Waals surface area contributed by atoms with Gasteiger partial charge in [-0.05, 0) is 44.9 Å². The molecule has 0 amide bonds. The highest BCUT2D eigenvalue weighted by Crippen LogP contribution is 2.34. The molecule has 0 spiro atoms. The third kappa shape index (κ3) is 9.41. The Hall–Kier alpha value is -0.0900. The summed E-state index contributed by atoms with van der Waals surface area (Å²) in [6, 6.07) is 0.892. The van der Waals surface area contributed by atoms with E-state index in [0.29, 0.717) is 6.42 Å². The largest absolute Gasteiger partial charge is 0.355 e. The molecule has 6 nitrogen and oxygen atoms in total. The molecule has 2 rings (SSSR count). The molecule has 0 aromatic rings. The summed E-state index contributed by atoms with van der Waals surface area (Å²) in [6.45, 7) is 5.17. The summed E-state index contributed by atoms with van der Waals surface area (Å²) in [5, 5.41) is 6.62. The number of nitrogens with one attached hydrogen (secondary N) is 2. The number of guanidine groups is 1. The molecule has 2 saturated carbocycles. The van der Waals surface area contributed by atoms with Crippen LogP contribution < -0.4 is 10.6 Å². The van der Waals surface area contributed by atoms with Crippen LogP contribution in [-0.4, -0.2) is 70.1 Å². The minimum Gasteiger partial charge on any atom is -0.355 e. The second-order valence-corrected chi connectivity index (χ2v) is 9.39. The fourth-order valence-electron chi connectivity index (χ4n) is 2.70. The maximum absolute atomic E-state index is 11.2. The van der Waals surface area contributed by atoms with Gasteiger partial charge in [0.05, 0.1) is 5.75 Å². The van der Waals surface area contributed by atoms with Crippen LogP contribution in [0.15, 0.2) is 4.99 Å². The number of halogens is 1. The first-order chi connectivity index (χ1) is 10.9. The lowest BCUT2D eigenvalue weighted by Crippen LogP contribution is -2.45. The predicted molar refractivity (Wildman–Crippen MR) is 111 cm³/mol. The summed E-state index contributed by atoms with van der Waals surface area (Å²) in [6.07, 6.45) is 7.37. The molecule has 2 fully saturated rings. The highest BCUT2D eigenvalue weighted by molar-refractivity contribution is 14.0. The number of aliphatic imine (C=N–C) groups is 1. The van der Waals surface area contributed by atoms with Crippen molar-refractivity contribution >= 4 is 39.8 Å². The Labute approximate surface area is 164 Å². The zero-order valence-electron chi connectivity index (χ0n) is 15.1. The summed E-state index contributed by atoms with van der Waals surface area (Å²) in [4.78, 5) is 6.85. The van der Waals surface area contributed by atoms with Gasteiger partial charge in [0.2, 0.25) is 0 Å². The lowest BCUT2D eigenvalue weighted by Gasteiger charge is -2.23. The summed E-state index contributed by atoms with van der Waals surface area (Å²) >= 11 is 0. The quantitative estimate of drug-likeness (QED) is 0.286. The average Bonchev–Trinajstić information content (AvgIpc) is 3.35. The highest BCUT2D eigenvalue weighted by atomic mass is 127. The van der Waals surface area contributed by atoms with Crippen LogP contribution in [0.1, 0.15) is 39.0 Å². The van der Waals surface area contributed by atoms with E-state index in [9.17, 15) is 8.42 Å². The Kier molecular flexibility index (Phi) is 9.29. The van der Waals surface area contributed by atoms with Crippen LogP contribution in [0.5, 0.6) is 0 Å². The zero-order chi connectivity index (χ0) is 16.9. The minimum atomic E-state index is -2.91. The molecular weight excluding hydrogens is 439 g/mol. The summed E-state index contributed by atoms with van der Waals surface area (Å²) < 4.78 is 22.4. The molecule has 142 valence electrons. The Bertz CT molecular complexity index is 504. The molecule has 1 atom stereocenters. The van der Waals surface area contributed by atoms with Gasteiger partial charge >= 0.3 is 0 Å². The first-order valence-corrected chi connectivity index (χ1v) is 10.8. The average molecular weight is 472 g/mol. The van der Waals surface area contributed by atoms with Gasteiger partial charge in [0, 0.05) is 45.0 Å². The molecule has 0 saturated heterocycles. The van der Waals surface area contributed by atoms with E-state index < -0.39 is 9.84 Å². The first kappa shape index (κ1) is 22.0. The van der Waals surface area contributed by atoms with E-state index in [0.717, 1.165) is 31.0 Å². The second-order valence-electron chi connectivity index (χ2n) is 7.13. The lowest BCUT2D eigenvalue weighted by molar-refractivity contribution is 0.256. The Morgan fingerprint density at radius 1 is 1.29 bits per heavy atom. The molecule has 1 unspecified atom stereocenters. The molecule has 2 aliphatic rings. The maximum atomic E-state index is 11.2. The summed E-state index contributed by atoms with van der Waals surface area (Å²) in [5.41, 5.74) is 0.